The molecule has 0 fully saturated rings. The zero-order valence-electron chi connectivity index (χ0n) is 12.8. The van der Waals surface area contributed by atoms with Gasteiger partial charge in [-0.25, -0.2) is 8.93 Å². The predicted molar refractivity (Wildman–Crippen MR) is 86.9 cm³/mol. The number of nitrogens with one attached hydrogen (secondary N) is 1. The summed E-state index contributed by atoms with van der Waals surface area (Å²) in [6.45, 7) is 7.85. The van der Waals surface area contributed by atoms with Crippen LogP contribution < -0.4 is 4.72 Å². The van der Waals surface area contributed by atoms with Crippen LogP contribution in [0.4, 0.5) is 0 Å². The van der Waals surface area contributed by atoms with E-state index in [0.29, 0.717) is 0 Å². The Hall–Kier alpha value is -1.59. The maximum atomic E-state index is 12.2. The Bertz CT molecular complexity index is 623. The molecule has 2 atom stereocenters. The summed E-state index contributed by atoms with van der Waals surface area (Å²) in [5.41, 5.74) is 3.04. The molecule has 0 aromatic carbocycles. The van der Waals surface area contributed by atoms with Gasteiger partial charge in [0.05, 0.1) is 15.7 Å². The summed E-state index contributed by atoms with van der Waals surface area (Å²) in [6, 6.07) is 5.92. The molecule has 21 heavy (non-hydrogen) atoms. The van der Waals surface area contributed by atoms with Crippen LogP contribution in [0, 0.1) is 0 Å². The molecule has 0 saturated carbocycles. The van der Waals surface area contributed by atoms with Gasteiger partial charge in [0, 0.05) is 42.0 Å². The van der Waals surface area contributed by atoms with Crippen molar-refractivity contribution in [1.29, 1.82) is 0 Å². The molecule has 112 valence electrons. The molecule has 2 aromatic rings. The van der Waals surface area contributed by atoms with E-state index in [1.807, 2.05) is 52.2 Å². The molecule has 5 heteroatoms. The molecular weight excluding hydrogens is 282 g/mol. The van der Waals surface area contributed by atoms with Crippen LogP contribution in [-0.2, 0) is 11.0 Å². The summed E-state index contributed by atoms with van der Waals surface area (Å²) >= 11 is 0. The second kappa shape index (κ2) is 6.45. The van der Waals surface area contributed by atoms with Crippen molar-refractivity contribution in [3.8, 4) is 11.1 Å². The third kappa shape index (κ3) is 4.19. The highest BCUT2D eigenvalue weighted by molar-refractivity contribution is 7.84. The first kappa shape index (κ1) is 15.8. The molecule has 0 bridgehead atoms. The van der Waals surface area contributed by atoms with Crippen LogP contribution in [0.25, 0.3) is 11.1 Å². The lowest BCUT2D eigenvalue weighted by Gasteiger charge is -2.22. The molecule has 0 aliphatic heterocycles. The quantitative estimate of drug-likeness (QED) is 0.943. The Morgan fingerprint density at radius 2 is 1.86 bits per heavy atom. The first-order valence-corrected chi connectivity index (χ1v) is 8.06. The van der Waals surface area contributed by atoms with Crippen molar-refractivity contribution in [2.24, 2.45) is 0 Å². The summed E-state index contributed by atoms with van der Waals surface area (Å²) in [7, 11) is -1.11. The van der Waals surface area contributed by atoms with E-state index in [2.05, 4.69) is 20.8 Å². The Kier molecular flexibility index (Phi) is 4.85. The van der Waals surface area contributed by atoms with Crippen LogP contribution in [0.1, 0.15) is 39.3 Å². The number of rotatable bonds is 4. The smallest absolute Gasteiger partial charge is 0.0975 e. The molecule has 0 aliphatic rings. The second-order valence-corrected chi connectivity index (χ2v) is 7.97. The van der Waals surface area contributed by atoms with Gasteiger partial charge < -0.3 is 0 Å². The standard InChI is InChI=1S/C16H21N3OS/c1-12(19-21(20)16(2,3)4)14-8-15(11-18-10-14)13-6-5-7-17-9-13/h5-12,19H,1-4H3/t12-,21?/m0/s1. The van der Waals surface area contributed by atoms with Gasteiger partial charge in [-0.15, -0.1) is 0 Å². The minimum atomic E-state index is -1.11. The highest BCUT2D eigenvalue weighted by Gasteiger charge is 2.21. The average molecular weight is 303 g/mol. The van der Waals surface area contributed by atoms with E-state index in [9.17, 15) is 4.21 Å². The van der Waals surface area contributed by atoms with Crippen LogP contribution in [0.5, 0.6) is 0 Å². The van der Waals surface area contributed by atoms with E-state index in [1.165, 1.54) is 0 Å². The fraction of sp³-hybridized carbons (Fsp3) is 0.375. The van der Waals surface area contributed by atoms with E-state index < -0.39 is 11.0 Å². The molecular formula is C16H21N3OS. The number of hydrogen-bond acceptors (Lipinski definition) is 3. The van der Waals surface area contributed by atoms with Gasteiger partial charge in [-0.3, -0.25) is 9.97 Å². The number of aromatic nitrogens is 2. The number of nitrogens with zero attached hydrogens (tertiary/aromatic N) is 2. The minimum Gasteiger partial charge on any atom is -0.264 e. The Morgan fingerprint density at radius 1 is 1.14 bits per heavy atom. The van der Waals surface area contributed by atoms with Gasteiger partial charge in [-0.2, -0.15) is 0 Å². The van der Waals surface area contributed by atoms with Crippen molar-refractivity contribution < 1.29 is 4.21 Å². The molecule has 0 amide bonds. The van der Waals surface area contributed by atoms with E-state index in [0.717, 1.165) is 16.7 Å². The first-order valence-electron chi connectivity index (χ1n) is 6.91. The highest BCUT2D eigenvalue weighted by atomic mass is 32.2. The molecule has 2 heterocycles. The third-order valence-electron chi connectivity index (χ3n) is 3.09. The van der Waals surface area contributed by atoms with Crippen molar-refractivity contribution in [3.63, 3.8) is 0 Å². The van der Waals surface area contributed by atoms with E-state index >= 15 is 0 Å². The monoisotopic (exact) mass is 303 g/mol. The molecule has 0 saturated heterocycles. The molecule has 4 nitrogen and oxygen atoms in total. The minimum absolute atomic E-state index is 0.0332. The Balaban J connectivity index is 2.20. The van der Waals surface area contributed by atoms with Gasteiger partial charge in [0.15, 0.2) is 0 Å². The Labute approximate surface area is 128 Å². The van der Waals surface area contributed by atoms with Gasteiger partial charge >= 0.3 is 0 Å². The highest BCUT2D eigenvalue weighted by Crippen LogP contribution is 2.22. The van der Waals surface area contributed by atoms with Crippen molar-refractivity contribution in [2.45, 2.75) is 38.5 Å². The molecule has 1 unspecified atom stereocenters. The average Bonchev–Trinajstić information content (AvgIpc) is 2.47. The van der Waals surface area contributed by atoms with Crippen LogP contribution in [-0.4, -0.2) is 18.9 Å². The van der Waals surface area contributed by atoms with Gasteiger partial charge in [0.1, 0.15) is 0 Å². The maximum absolute atomic E-state index is 12.2. The molecule has 1 N–H and O–H groups in total. The predicted octanol–water partition coefficient (Wildman–Crippen LogP) is 3.26. The summed E-state index contributed by atoms with van der Waals surface area (Å²) in [5, 5.41) is 0. The SMILES string of the molecule is C[C@H](NS(=O)C(C)(C)C)c1cncc(-c2cccnc2)c1. The van der Waals surface area contributed by atoms with E-state index in [-0.39, 0.29) is 10.8 Å². The van der Waals surface area contributed by atoms with Crippen LogP contribution in [0.2, 0.25) is 0 Å². The largest absolute Gasteiger partial charge is 0.264 e. The molecule has 2 aromatic heterocycles. The van der Waals surface area contributed by atoms with Crippen molar-refractivity contribution in [3.05, 3.63) is 48.5 Å². The molecule has 0 radical (unpaired) electrons. The van der Waals surface area contributed by atoms with Crippen LogP contribution in [0.3, 0.4) is 0 Å². The summed E-state index contributed by atoms with van der Waals surface area (Å²) in [4.78, 5) is 8.41. The summed E-state index contributed by atoms with van der Waals surface area (Å²) in [5.74, 6) is 0. The van der Waals surface area contributed by atoms with Crippen LogP contribution in [0.15, 0.2) is 43.0 Å². The van der Waals surface area contributed by atoms with Gasteiger partial charge in [0.2, 0.25) is 0 Å². The fourth-order valence-corrected chi connectivity index (χ4v) is 2.60. The third-order valence-corrected chi connectivity index (χ3v) is 4.77. The lowest BCUT2D eigenvalue weighted by atomic mass is 10.1. The maximum Gasteiger partial charge on any atom is 0.0975 e. The van der Waals surface area contributed by atoms with Gasteiger partial charge in [0.25, 0.3) is 0 Å². The van der Waals surface area contributed by atoms with E-state index in [1.54, 1.807) is 12.4 Å². The number of pyridine rings is 2. The van der Waals surface area contributed by atoms with Crippen molar-refractivity contribution >= 4 is 11.0 Å². The molecule has 0 aliphatic carbocycles. The lowest BCUT2D eigenvalue weighted by molar-refractivity contribution is 0.616. The van der Waals surface area contributed by atoms with Gasteiger partial charge in [-0.1, -0.05) is 6.07 Å². The topological polar surface area (TPSA) is 54.9 Å². The lowest BCUT2D eigenvalue weighted by Crippen LogP contribution is -2.34. The summed E-state index contributed by atoms with van der Waals surface area (Å²) < 4.78 is 15.0. The number of hydrogen-bond donors (Lipinski definition) is 1. The molecule has 2 rings (SSSR count). The summed E-state index contributed by atoms with van der Waals surface area (Å²) in [6.07, 6.45) is 7.18. The zero-order valence-corrected chi connectivity index (χ0v) is 13.6. The van der Waals surface area contributed by atoms with Crippen LogP contribution >= 0.6 is 0 Å². The Morgan fingerprint density at radius 3 is 2.48 bits per heavy atom. The zero-order chi connectivity index (χ0) is 15.5. The first-order chi connectivity index (χ1) is 9.88. The fourth-order valence-electron chi connectivity index (χ4n) is 1.79. The van der Waals surface area contributed by atoms with E-state index in [4.69, 9.17) is 0 Å². The second-order valence-electron chi connectivity index (χ2n) is 5.97. The van der Waals surface area contributed by atoms with Gasteiger partial charge in [-0.05, 0) is 45.4 Å². The van der Waals surface area contributed by atoms with Crippen molar-refractivity contribution in [1.82, 2.24) is 14.7 Å². The van der Waals surface area contributed by atoms with Crippen molar-refractivity contribution in [2.75, 3.05) is 0 Å². The normalized spacial score (nSPS) is 14.7. The molecule has 0 spiro atoms.